The summed E-state index contributed by atoms with van der Waals surface area (Å²) in [7, 11) is 1.63. The van der Waals surface area contributed by atoms with Gasteiger partial charge in [-0.15, -0.1) is 5.10 Å². The van der Waals surface area contributed by atoms with Gasteiger partial charge >= 0.3 is 0 Å². The first-order valence-corrected chi connectivity index (χ1v) is 8.17. The van der Waals surface area contributed by atoms with Crippen LogP contribution in [0.25, 0.3) is 17.1 Å². The Balaban J connectivity index is 1.66. The fourth-order valence-electron chi connectivity index (χ4n) is 2.62. The Bertz CT molecular complexity index is 1030. The first-order chi connectivity index (χ1) is 12.7. The van der Waals surface area contributed by atoms with Crippen LogP contribution < -0.4 is 4.74 Å². The molecule has 4 rings (SSSR count). The average molecular weight is 368 g/mol. The number of hydrogen-bond acceptors (Lipinski definition) is 6. The molecule has 0 fully saturated rings. The molecule has 3 heterocycles. The van der Waals surface area contributed by atoms with Gasteiger partial charge in [0.1, 0.15) is 16.7 Å². The van der Waals surface area contributed by atoms with Crippen molar-refractivity contribution < 1.29 is 4.74 Å². The summed E-state index contributed by atoms with van der Waals surface area (Å²) in [6, 6.07) is 11.2. The molecule has 0 radical (unpaired) electrons. The van der Waals surface area contributed by atoms with Crippen LogP contribution >= 0.6 is 11.6 Å². The predicted molar refractivity (Wildman–Crippen MR) is 95.3 cm³/mol. The topological polar surface area (TPSA) is 83.5 Å². The highest BCUT2D eigenvalue weighted by Crippen LogP contribution is 2.21. The highest BCUT2D eigenvalue weighted by Gasteiger charge is 2.13. The van der Waals surface area contributed by atoms with Gasteiger partial charge < -0.3 is 9.30 Å². The predicted octanol–water partition coefficient (Wildman–Crippen LogP) is 2.63. The molecule has 1 aromatic carbocycles. The van der Waals surface area contributed by atoms with E-state index in [-0.39, 0.29) is 0 Å². The van der Waals surface area contributed by atoms with Crippen molar-refractivity contribution in [1.29, 1.82) is 0 Å². The molecule has 130 valence electrons. The second kappa shape index (κ2) is 6.93. The van der Waals surface area contributed by atoms with E-state index in [0.29, 0.717) is 17.5 Å². The molecule has 4 aromatic rings. The molecule has 0 unspecified atom stereocenters. The third-order valence-corrected chi connectivity index (χ3v) is 4.07. The van der Waals surface area contributed by atoms with Crippen LogP contribution in [0.2, 0.25) is 5.15 Å². The normalized spacial score (nSPS) is 10.8. The van der Waals surface area contributed by atoms with Crippen LogP contribution in [-0.2, 0) is 6.54 Å². The lowest BCUT2D eigenvalue weighted by Crippen LogP contribution is -2.09. The van der Waals surface area contributed by atoms with E-state index in [4.69, 9.17) is 16.3 Å². The van der Waals surface area contributed by atoms with Gasteiger partial charge in [0.05, 0.1) is 19.3 Å². The third-order valence-electron chi connectivity index (χ3n) is 3.86. The van der Waals surface area contributed by atoms with E-state index in [1.54, 1.807) is 30.3 Å². The first-order valence-electron chi connectivity index (χ1n) is 7.79. The number of pyridine rings is 1. The molecule has 0 aliphatic carbocycles. The van der Waals surface area contributed by atoms with E-state index in [0.717, 1.165) is 22.8 Å². The van der Waals surface area contributed by atoms with Crippen molar-refractivity contribution in [3.05, 3.63) is 66.0 Å². The largest absolute Gasteiger partial charge is 0.497 e. The third kappa shape index (κ3) is 3.14. The summed E-state index contributed by atoms with van der Waals surface area (Å²) in [4.78, 5) is 8.42. The Kier molecular flexibility index (Phi) is 4.32. The lowest BCUT2D eigenvalue weighted by atomic mass is 10.2. The molecule has 0 saturated heterocycles. The van der Waals surface area contributed by atoms with Gasteiger partial charge in [-0.3, -0.25) is 0 Å². The van der Waals surface area contributed by atoms with Crippen molar-refractivity contribution >= 4 is 11.6 Å². The molecule has 26 heavy (non-hydrogen) atoms. The SMILES string of the molecule is COc1ccc(-n2nnnc2Cn2ccnc2-c2ccnc(Cl)c2)cc1. The van der Waals surface area contributed by atoms with Gasteiger partial charge in [-0.2, -0.15) is 4.68 Å². The number of aromatic nitrogens is 7. The van der Waals surface area contributed by atoms with E-state index in [1.807, 2.05) is 41.1 Å². The summed E-state index contributed by atoms with van der Waals surface area (Å²) >= 11 is 5.99. The molecular weight excluding hydrogens is 354 g/mol. The Morgan fingerprint density at radius 1 is 1.08 bits per heavy atom. The Hall–Kier alpha value is -3.26. The first kappa shape index (κ1) is 16.2. The van der Waals surface area contributed by atoms with Crippen molar-refractivity contribution in [2.24, 2.45) is 0 Å². The Morgan fingerprint density at radius 2 is 1.92 bits per heavy atom. The molecule has 0 aliphatic rings. The zero-order valence-electron chi connectivity index (χ0n) is 13.8. The molecule has 0 atom stereocenters. The Morgan fingerprint density at radius 3 is 2.69 bits per heavy atom. The van der Waals surface area contributed by atoms with Crippen molar-refractivity contribution in [3.8, 4) is 22.8 Å². The number of imidazole rings is 1. The smallest absolute Gasteiger partial charge is 0.176 e. The van der Waals surface area contributed by atoms with Gasteiger partial charge in [0, 0.05) is 24.2 Å². The summed E-state index contributed by atoms with van der Waals surface area (Å²) in [5, 5.41) is 12.5. The highest BCUT2D eigenvalue weighted by molar-refractivity contribution is 6.29. The molecule has 0 aliphatic heterocycles. The monoisotopic (exact) mass is 367 g/mol. The molecule has 0 bridgehead atoms. The molecule has 0 N–H and O–H groups in total. The number of nitrogens with zero attached hydrogens (tertiary/aromatic N) is 7. The van der Waals surface area contributed by atoms with Crippen LogP contribution in [0.4, 0.5) is 0 Å². The zero-order valence-corrected chi connectivity index (χ0v) is 14.6. The van der Waals surface area contributed by atoms with Gasteiger partial charge in [0.25, 0.3) is 0 Å². The lowest BCUT2D eigenvalue weighted by Gasteiger charge is -2.09. The molecule has 3 aromatic heterocycles. The van der Waals surface area contributed by atoms with Crippen molar-refractivity contribution in [2.45, 2.75) is 6.54 Å². The number of methoxy groups -OCH3 is 1. The minimum Gasteiger partial charge on any atom is -0.497 e. The quantitative estimate of drug-likeness (QED) is 0.504. The van der Waals surface area contributed by atoms with Gasteiger partial charge in [-0.1, -0.05) is 11.6 Å². The number of tetrazole rings is 1. The van der Waals surface area contributed by atoms with Crippen molar-refractivity contribution in [3.63, 3.8) is 0 Å². The zero-order chi connectivity index (χ0) is 17.9. The second-order valence-corrected chi connectivity index (χ2v) is 5.84. The summed E-state index contributed by atoms with van der Waals surface area (Å²) in [5.74, 6) is 2.21. The van der Waals surface area contributed by atoms with E-state index in [9.17, 15) is 0 Å². The maximum Gasteiger partial charge on any atom is 0.176 e. The van der Waals surface area contributed by atoms with E-state index in [2.05, 4.69) is 25.5 Å². The minimum absolute atomic E-state index is 0.417. The fraction of sp³-hybridized carbons (Fsp3) is 0.118. The van der Waals surface area contributed by atoms with Gasteiger partial charge in [-0.25, -0.2) is 9.97 Å². The number of halogens is 1. The molecule has 8 nitrogen and oxygen atoms in total. The number of hydrogen-bond donors (Lipinski definition) is 0. The van der Waals surface area contributed by atoms with Crippen molar-refractivity contribution in [1.82, 2.24) is 34.7 Å². The summed E-state index contributed by atoms with van der Waals surface area (Å²) in [6.45, 7) is 0.453. The van der Waals surface area contributed by atoms with Gasteiger partial charge in [0.2, 0.25) is 0 Å². The average Bonchev–Trinajstić information content (AvgIpc) is 3.32. The number of ether oxygens (including phenoxy) is 1. The van der Waals surface area contributed by atoms with Crippen LogP contribution in [0, 0.1) is 0 Å². The molecule has 0 amide bonds. The van der Waals surface area contributed by atoms with Crippen molar-refractivity contribution in [2.75, 3.05) is 7.11 Å². The van der Waals surface area contributed by atoms with E-state index < -0.39 is 0 Å². The maximum atomic E-state index is 5.99. The number of rotatable bonds is 5. The standard InChI is InChI=1S/C17H14ClN7O/c1-26-14-4-2-13(3-5-14)25-16(21-22-23-25)11-24-9-8-20-17(24)12-6-7-19-15(18)10-12/h2-10H,11H2,1H3. The second-order valence-electron chi connectivity index (χ2n) is 5.45. The van der Waals surface area contributed by atoms with Crippen LogP contribution in [-0.4, -0.2) is 41.9 Å². The lowest BCUT2D eigenvalue weighted by molar-refractivity contribution is 0.414. The maximum absolute atomic E-state index is 5.99. The van der Waals surface area contributed by atoms with Gasteiger partial charge in [0.15, 0.2) is 5.82 Å². The van der Waals surface area contributed by atoms with E-state index >= 15 is 0 Å². The minimum atomic E-state index is 0.417. The van der Waals surface area contributed by atoms with Crippen LogP contribution in [0.15, 0.2) is 55.0 Å². The molecular formula is C17H14ClN7O. The summed E-state index contributed by atoms with van der Waals surface area (Å²) in [6.07, 6.45) is 5.25. The Labute approximate surface area is 154 Å². The molecule has 9 heteroatoms. The van der Waals surface area contributed by atoms with Crippen LogP contribution in [0.3, 0.4) is 0 Å². The summed E-state index contributed by atoms with van der Waals surface area (Å²) in [5.41, 5.74) is 1.72. The highest BCUT2D eigenvalue weighted by atomic mass is 35.5. The van der Waals surface area contributed by atoms with Crippen LogP contribution in [0.1, 0.15) is 5.82 Å². The van der Waals surface area contributed by atoms with Crippen LogP contribution in [0.5, 0.6) is 5.75 Å². The number of benzene rings is 1. The molecule has 0 saturated carbocycles. The molecule has 0 spiro atoms. The van der Waals surface area contributed by atoms with E-state index in [1.165, 1.54) is 0 Å². The van der Waals surface area contributed by atoms with Gasteiger partial charge in [-0.05, 0) is 46.8 Å². The fourth-order valence-corrected chi connectivity index (χ4v) is 2.79. The summed E-state index contributed by atoms with van der Waals surface area (Å²) < 4.78 is 8.83.